The number of nitrogens with zero attached hydrogens (tertiary/aromatic N) is 6. The monoisotopic (exact) mass is 478 g/mol. The van der Waals surface area contributed by atoms with Gasteiger partial charge in [-0.25, -0.2) is 32.9 Å². The van der Waals surface area contributed by atoms with Crippen LogP contribution in [0, 0.1) is 6.92 Å². The summed E-state index contributed by atoms with van der Waals surface area (Å²) in [5, 5.41) is -1.09. The van der Waals surface area contributed by atoms with Crippen molar-refractivity contribution < 1.29 is 34.8 Å². The van der Waals surface area contributed by atoms with E-state index in [9.17, 15) is 34.8 Å². The molecule has 0 spiro atoms. The number of hydrogen-bond donors (Lipinski definition) is 0. The zero-order valence-electron chi connectivity index (χ0n) is 16.2. The Morgan fingerprint density at radius 1 is 1.00 bits per heavy atom. The smallest absolute Gasteiger partial charge is 0.262 e. The highest BCUT2D eigenvalue weighted by atomic mass is 32.2. The molecule has 0 saturated carbocycles. The Kier molecular flexibility index (Phi) is 4.73. The number of pyridine rings is 1. The van der Waals surface area contributed by atoms with Crippen LogP contribution in [0.15, 0.2) is 29.4 Å². The highest BCUT2D eigenvalue weighted by Crippen LogP contribution is 2.38. The summed E-state index contributed by atoms with van der Waals surface area (Å²) >= 11 is 0. The van der Waals surface area contributed by atoms with Crippen molar-refractivity contribution in [1.29, 1.82) is 0 Å². The van der Waals surface area contributed by atoms with Crippen molar-refractivity contribution in [2.75, 3.05) is 5.75 Å². The van der Waals surface area contributed by atoms with E-state index < -0.39 is 61.7 Å². The predicted molar refractivity (Wildman–Crippen MR) is 98.3 cm³/mol. The lowest BCUT2D eigenvalue weighted by Crippen LogP contribution is -2.20. The fourth-order valence-electron chi connectivity index (χ4n) is 3.19. The zero-order valence-corrected chi connectivity index (χ0v) is 17.0. The largest absolute Gasteiger partial charge is 0.491 e. The Labute approximate surface area is 175 Å². The first kappa shape index (κ1) is 22.0. The van der Waals surface area contributed by atoms with Crippen LogP contribution in [0.3, 0.4) is 0 Å². The lowest BCUT2D eigenvalue weighted by Gasteiger charge is -2.13. The highest BCUT2D eigenvalue weighted by molar-refractivity contribution is 7.91. The molecule has 4 aromatic rings. The molecule has 0 saturated heterocycles. The molecule has 4 aromatic heterocycles. The van der Waals surface area contributed by atoms with E-state index in [1.165, 1.54) is 19.1 Å². The maximum Gasteiger partial charge on any atom is 0.491 e. The Balaban J connectivity index is 2.23. The van der Waals surface area contributed by atoms with Crippen molar-refractivity contribution >= 4 is 26.6 Å². The molecule has 8 nitrogen and oxygen atoms in total. The van der Waals surface area contributed by atoms with Gasteiger partial charge >= 0.3 is 12.5 Å². The van der Waals surface area contributed by atoms with E-state index in [0.717, 1.165) is 19.2 Å². The number of rotatable bonds is 3. The van der Waals surface area contributed by atoms with Crippen LogP contribution in [0.1, 0.15) is 18.4 Å². The number of alkyl halides is 6. The average molecular weight is 478 g/mol. The Bertz CT molecular complexity index is 1470. The van der Waals surface area contributed by atoms with Gasteiger partial charge in [-0.05, 0) is 25.1 Å². The van der Waals surface area contributed by atoms with Crippen LogP contribution in [0.5, 0.6) is 0 Å². The predicted octanol–water partition coefficient (Wildman–Crippen LogP) is 3.74. The van der Waals surface area contributed by atoms with E-state index in [0.29, 0.717) is 0 Å². The molecular formula is C17H12F6N6O2S. The minimum atomic E-state index is -5.13. The molecule has 0 aliphatic carbocycles. The number of aryl methyl sites for hydroxylation is 1. The van der Waals surface area contributed by atoms with Crippen LogP contribution in [-0.2, 0) is 22.3 Å². The molecule has 170 valence electrons. The fourth-order valence-corrected chi connectivity index (χ4v) is 4.35. The first-order valence-electron chi connectivity index (χ1n) is 8.86. The van der Waals surface area contributed by atoms with Crippen LogP contribution in [-0.4, -0.2) is 43.1 Å². The summed E-state index contributed by atoms with van der Waals surface area (Å²) in [6.45, 7) is 2.58. The van der Waals surface area contributed by atoms with Crippen molar-refractivity contribution in [1.82, 2.24) is 28.9 Å². The molecule has 0 bridgehead atoms. The number of halogens is 6. The van der Waals surface area contributed by atoms with E-state index in [1.54, 1.807) is 0 Å². The van der Waals surface area contributed by atoms with Crippen molar-refractivity contribution in [3.05, 3.63) is 35.9 Å². The number of aromatic nitrogens is 6. The molecule has 4 heterocycles. The molecule has 0 aliphatic heterocycles. The maximum absolute atomic E-state index is 14.0. The second-order valence-corrected chi connectivity index (χ2v) is 8.86. The van der Waals surface area contributed by atoms with E-state index >= 15 is 0 Å². The van der Waals surface area contributed by atoms with Crippen molar-refractivity contribution in [2.24, 2.45) is 0 Å². The number of hydrogen-bond acceptors (Lipinski definition) is 6. The molecule has 0 aliphatic rings. The van der Waals surface area contributed by atoms with Gasteiger partial charge in [0.2, 0.25) is 5.82 Å². The van der Waals surface area contributed by atoms with Crippen LogP contribution < -0.4 is 0 Å². The highest BCUT2D eigenvalue weighted by Gasteiger charge is 2.42. The molecule has 0 aromatic carbocycles. The van der Waals surface area contributed by atoms with Crippen LogP contribution in [0.25, 0.3) is 28.3 Å². The summed E-state index contributed by atoms with van der Waals surface area (Å²) in [5.41, 5.74) is -2.11. The third-order valence-corrected chi connectivity index (χ3v) is 6.26. The number of fused-ring (bicyclic) bond motifs is 2. The van der Waals surface area contributed by atoms with Gasteiger partial charge in [-0.3, -0.25) is 4.40 Å². The first-order valence-corrected chi connectivity index (χ1v) is 10.5. The van der Waals surface area contributed by atoms with E-state index in [1.807, 2.05) is 0 Å². The molecule has 15 heteroatoms. The summed E-state index contributed by atoms with van der Waals surface area (Å²) in [7, 11) is -4.53. The van der Waals surface area contributed by atoms with Crippen molar-refractivity contribution in [3.8, 4) is 11.5 Å². The van der Waals surface area contributed by atoms with Crippen LogP contribution in [0.4, 0.5) is 26.3 Å². The molecule has 32 heavy (non-hydrogen) atoms. The summed E-state index contributed by atoms with van der Waals surface area (Å²) in [6, 6.07) is 3.57. The lowest BCUT2D eigenvalue weighted by atomic mass is 10.3. The SMILES string of the molecule is CCS(=O)(=O)c1c(-c2nc3ccc(C)nc3n2C(F)(F)F)nc2ccnc(C(F)(F)F)n12. The topological polar surface area (TPSA) is 95.0 Å². The van der Waals surface area contributed by atoms with Gasteiger partial charge < -0.3 is 0 Å². The van der Waals surface area contributed by atoms with Gasteiger partial charge in [0, 0.05) is 11.9 Å². The molecular weight excluding hydrogens is 466 g/mol. The third kappa shape index (κ3) is 3.36. The summed E-state index contributed by atoms with van der Waals surface area (Å²) in [6.07, 6.45) is -9.51. The molecule has 0 fully saturated rings. The Hall–Kier alpha value is -3.23. The second kappa shape index (κ2) is 6.88. The van der Waals surface area contributed by atoms with E-state index in [4.69, 9.17) is 0 Å². The van der Waals surface area contributed by atoms with Gasteiger partial charge in [-0.2, -0.15) is 13.2 Å². The normalized spacial score (nSPS) is 13.4. The van der Waals surface area contributed by atoms with E-state index in [-0.39, 0.29) is 20.2 Å². The van der Waals surface area contributed by atoms with Crippen molar-refractivity contribution in [2.45, 2.75) is 31.3 Å². The van der Waals surface area contributed by atoms with Crippen LogP contribution in [0.2, 0.25) is 0 Å². The molecule has 0 unspecified atom stereocenters. The Morgan fingerprint density at radius 3 is 2.28 bits per heavy atom. The molecule has 0 amide bonds. The van der Waals surface area contributed by atoms with E-state index in [2.05, 4.69) is 19.9 Å². The summed E-state index contributed by atoms with van der Waals surface area (Å²) in [5.74, 6) is -3.36. The summed E-state index contributed by atoms with van der Waals surface area (Å²) in [4.78, 5) is 14.6. The van der Waals surface area contributed by atoms with Gasteiger partial charge in [0.05, 0.1) is 5.75 Å². The lowest BCUT2D eigenvalue weighted by molar-refractivity contribution is -0.200. The molecule has 0 atom stereocenters. The van der Waals surface area contributed by atoms with Gasteiger partial charge in [0.1, 0.15) is 16.9 Å². The quantitative estimate of drug-likeness (QED) is 0.417. The number of imidazole rings is 2. The average Bonchev–Trinajstić information content (AvgIpc) is 3.24. The van der Waals surface area contributed by atoms with Crippen molar-refractivity contribution in [3.63, 3.8) is 0 Å². The summed E-state index contributed by atoms with van der Waals surface area (Å²) < 4.78 is 108. The zero-order chi connectivity index (χ0) is 23.6. The fraction of sp³-hybridized carbons (Fsp3) is 0.294. The third-order valence-electron chi connectivity index (χ3n) is 4.53. The standard InChI is InChI=1S/C17H12F6N6O2S/c1-3-32(30,31)14-11(27-10-6-7-24-15(28(10)14)16(18,19)20)13-26-9-5-4-8(2)25-12(9)29(13)17(21,22)23/h4-7H,3H2,1-2H3. The minimum Gasteiger partial charge on any atom is -0.262 e. The second-order valence-electron chi connectivity index (χ2n) is 6.66. The van der Waals surface area contributed by atoms with Gasteiger partial charge in [-0.1, -0.05) is 6.92 Å². The van der Waals surface area contributed by atoms with Gasteiger partial charge in [0.15, 0.2) is 26.3 Å². The minimum absolute atomic E-state index is 0.187. The molecule has 0 N–H and O–H groups in total. The van der Waals surface area contributed by atoms with Gasteiger partial charge in [-0.15, -0.1) is 13.2 Å². The Morgan fingerprint density at radius 2 is 1.69 bits per heavy atom. The first-order chi connectivity index (χ1) is 14.8. The van der Waals surface area contributed by atoms with Crippen LogP contribution >= 0.6 is 0 Å². The number of sulfone groups is 1. The maximum atomic E-state index is 14.0. The molecule has 4 rings (SSSR count). The molecule has 0 radical (unpaired) electrons. The van der Waals surface area contributed by atoms with Gasteiger partial charge in [0.25, 0.3) is 0 Å².